The molecule has 0 radical (unpaired) electrons. The number of nitrogens with one attached hydrogen (secondary N) is 2. The van der Waals surface area contributed by atoms with Crippen molar-refractivity contribution < 1.29 is 4.79 Å². The Morgan fingerprint density at radius 3 is 2.68 bits per heavy atom. The molecule has 0 bridgehead atoms. The largest absolute Gasteiger partial charge is 0.339 e. The second-order valence-corrected chi connectivity index (χ2v) is 11.3. The highest BCUT2D eigenvalue weighted by molar-refractivity contribution is 6.06. The topological polar surface area (TPSA) is 101 Å². The van der Waals surface area contributed by atoms with Crippen LogP contribution in [0.15, 0.2) is 41.5 Å². The number of anilines is 3. The molecule has 4 aromatic rings. The lowest BCUT2D eigenvalue weighted by molar-refractivity contribution is 0.0963. The smallest absolute Gasteiger partial charge is 0.276 e. The van der Waals surface area contributed by atoms with Crippen LogP contribution in [0.5, 0.6) is 0 Å². The number of aromatic amines is 1. The second kappa shape index (κ2) is 8.72. The highest BCUT2D eigenvalue weighted by Crippen LogP contribution is 2.40. The van der Waals surface area contributed by atoms with E-state index < -0.39 is 0 Å². The molecule has 0 atom stereocenters. The number of pyridine rings is 2. The van der Waals surface area contributed by atoms with Gasteiger partial charge >= 0.3 is 0 Å². The molecule has 2 aliphatic rings. The number of carbonyl (C=O) groups excluding carboxylic acids is 1. The molecule has 0 spiro atoms. The number of hydrogen-bond donors (Lipinski definition) is 2. The fourth-order valence-corrected chi connectivity index (χ4v) is 6.01. The number of aryl methyl sites for hydroxylation is 2. The number of aromatic nitrogens is 5. The lowest BCUT2D eigenvalue weighted by atomic mass is 9.90. The molecule has 196 valence electrons. The highest BCUT2D eigenvalue weighted by atomic mass is 16.2. The van der Waals surface area contributed by atoms with Gasteiger partial charge in [0, 0.05) is 61.1 Å². The Bertz CT molecular complexity index is 1640. The molecule has 4 aromatic heterocycles. The summed E-state index contributed by atoms with van der Waals surface area (Å²) in [5.74, 6) is 1.27. The van der Waals surface area contributed by atoms with Gasteiger partial charge in [-0.2, -0.15) is 5.10 Å². The minimum atomic E-state index is -0.148. The van der Waals surface area contributed by atoms with Gasteiger partial charge in [-0.1, -0.05) is 20.8 Å². The summed E-state index contributed by atoms with van der Waals surface area (Å²) < 4.78 is 3.79. The Morgan fingerprint density at radius 2 is 1.95 bits per heavy atom. The van der Waals surface area contributed by atoms with Crippen molar-refractivity contribution in [3.8, 4) is 11.1 Å². The molecule has 2 N–H and O–H groups in total. The van der Waals surface area contributed by atoms with Crippen LogP contribution >= 0.6 is 0 Å². The summed E-state index contributed by atoms with van der Waals surface area (Å²) >= 11 is 0. The highest BCUT2D eigenvalue weighted by Gasteiger charge is 2.37. The Kier molecular flexibility index (Phi) is 5.55. The fourth-order valence-electron chi connectivity index (χ4n) is 6.01. The number of fused-ring (bicyclic) bond motifs is 3. The summed E-state index contributed by atoms with van der Waals surface area (Å²) in [5, 5.41) is 10.2. The zero-order valence-electron chi connectivity index (χ0n) is 22.6. The summed E-state index contributed by atoms with van der Waals surface area (Å²) in [6, 6.07) is 7.75. The van der Waals surface area contributed by atoms with Gasteiger partial charge in [-0.05, 0) is 60.9 Å². The number of nitrogens with zero attached hydrogens (tertiary/aromatic N) is 5. The van der Waals surface area contributed by atoms with Crippen molar-refractivity contribution in [1.82, 2.24) is 24.3 Å². The van der Waals surface area contributed by atoms with E-state index in [1.165, 1.54) is 11.3 Å². The molecule has 0 saturated carbocycles. The van der Waals surface area contributed by atoms with Crippen molar-refractivity contribution in [1.29, 1.82) is 0 Å². The van der Waals surface area contributed by atoms with Crippen molar-refractivity contribution in [2.24, 2.45) is 12.5 Å². The minimum Gasteiger partial charge on any atom is -0.339 e. The van der Waals surface area contributed by atoms with Crippen molar-refractivity contribution in [2.75, 3.05) is 16.8 Å². The molecule has 9 nitrogen and oxygen atoms in total. The second-order valence-electron chi connectivity index (χ2n) is 11.3. The lowest BCUT2D eigenvalue weighted by Gasteiger charge is -2.31. The summed E-state index contributed by atoms with van der Waals surface area (Å²) in [4.78, 5) is 33.2. The Hall–Kier alpha value is -4.14. The van der Waals surface area contributed by atoms with Gasteiger partial charge in [-0.3, -0.25) is 19.6 Å². The van der Waals surface area contributed by atoms with Crippen LogP contribution in [0.1, 0.15) is 53.8 Å². The van der Waals surface area contributed by atoms with Crippen LogP contribution in [0.3, 0.4) is 0 Å². The minimum absolute atomic E-state index is 0.000439. The number of rotatable bonds is 5. The van der Waals surface area contributed by atoms with E-state index in [0.717, 1.165) is 47.5 Å². The van der Waals surface area contributed by atoms with Gasteiger partial charge in [0.2, 0.25) is 0 Å². The van der Waals surface area contributed by atoms with E-state index >= 15 is 0 Å². The first-order valence-corrected chi connectivity index (χ1v) is 13.2. The Morgan fingerprint density at radius 1 is 1.13 bits per heavy atom. The van der Waals surface area contributed by atoms with Gasteiger partial charge in [0.25, 0.3) is 11.5 Å². The number of carbonyl (C=O) groups is 1. The average molecular weight is 512 g/mol. The Balaban J connectivity index is 1.38. The standard InChI is InChI=1S/C29H33N7O2/c1-6-20-21(19-12-22(27(37)34(5)16-19)31-25-11-17(2)32-33-25)7-8-30-26(20)36-10-9-35-23(28(36)38)13-18-14-29(3,4)15-24(18)35/h7-8,11-13,16H,6,9-10,14-15H2,1-5H3,(H2,31,32,33). The third-order valence-corrected chi connectivity index (χ3v) is 7.73. The molecule has 1 amide bonds. The zero-order valence-corrected chi connectivity index (χ0v) is 22.6. The van der Waals surface area contributed by atoms with Gasteiger partial charge in [-0.15, -0.1) is 0 Å². The van der Waals surface area contributed by atoms with Crippen LogP contribution in [0, 0.1) is 12.3 Å². The molecule has 6 rings (SSSR count). The van der Waals surface area contributed by atoms with E-state index in [-0.39, 0.29) is 16.9 Å². The van der Waals surface area contributed by atoms with E-state index in [1.807, 2.05) is 36.2 Å². The van der Waals surface area contributed by atoms with Crippen LogP contribution in [0.25, 0.3) is 11.1 Å². The van der Waals surface area contributed by atoms with E-state index in [4.69, 9.17) is 4.98 Å². The van der Waals surface area contributed by atoms with Gasteiger partial charge < -0.3 is 14.5 Å². The van der Waals surface area contributed by atoms with Gasteiger partial charge in [0.15, 0.2) is 5.82 Å². The first kappa shape index (κ1) is 24.2. The first-order chi connectivity index (χ1) is 18.1. The van der Waals surface area contributed by atoms with E-state index in [1.54, 1.807) is 17.8 Å². The summed E-state index contributed by atoms with van der Waals surface area (Å²) in [6.45, 7) is 9.90. The maximum absolute atomic E-state index is 13.8. The van der Waals surface area contributed by atoms with E-state index in [2.05, 4.69) is 46.9 Å². The number of amides is 1. The molecule has 5 heterocycles. The molecule has 9 heteroatoms. The molecule has 0 aromatic carbocycles. The molecular weight excluding hydrogens is 478 g/mol. The third kappa shape index (κ3) is 3.93. The summed E-state index contributed by atoms with van der Waals surface area (Å²) in [5.41, 5.74) is 7.61. The summed E-state index contributed by atoms with van der Waals surface area (Å²) in [6.07, 6.45) is 6.28. The van der Waals surface area contributed by atoms with Crippen LogP contribution in [0.4, 0.5) is 17.3 Å². The molecule has 0 fully saturated rings. The van der Waals surface area contributed by atoms with Gasteiger partial charge in [0.05, 0.1) is 0 Å². The van der Waals surface area contributed by atoms with Gasteiger partial charge in [-0.25, -0.2) is 4.98 Å². The molecule has 38 heavy (non-hydrogen) atoms. The maximum atomic E-state index is 13.8. The predicted octanol–water partition coefficient (Wildman–Crippen LogP) is 4.37. The normalized spacial score (nSPS) is 16.0. The van der Waals surface area contributed by atoms with Gasteiger partial charge in [0.1, 0.15) is 17.2 Å². The maximum Gasteiger partial charge on any atom is 0.276 e. The lowest BCUT2D eigenvalue weighted by Crippen LogP contribution is -2.41. The Labute approximate surface area is 221 Å². The van der Waals surface area contributed by atoms with Crippen LogP contribution in [0.2, 0.25) is 0 Å². The van der Waals surface area contributed by atoms with Crippen molar-refractivity contribution in [3.63, 3.8) is 0 Å². The summed E-state index contributed by atoms with van der Waals surface area (Å²) in [7, 11) is 1.74. The first-order valence-electron chi connectivity index (χ1n) is 13.2. The monoisotopic (exact) mass is 511 g/mol. The molecule has 1 aliphatic carbocycles. The van der Waals surface area contributed by atoms with E-state index in [0.29, 0.717) is 30.3 Å². The predicted molar refractivity (Wildman–Crippen MR) is 148 cm³/mol. The quantitative estimate of drug-likeness (QED) is 0.414. The van der Waals surface area contributed by atoms with Crippen molar-refractivity contribution >= 4 is 23.2 Å². The van der Waals surface area contributed by atoms with Crippen LogP contribution < -0.4 is 15.8 Å². The molecule has 1 aliphatic heterocycles. The van der Waals surface area contributed by atoms with Crippen LogP contribution in [-0.2, 0) is 32.9 Å². The fraction of sp³-hybridized carbons (Fsp3) is 0.379. The van der Waals surface area contributed by atoms with Crippen LogP contribution in [-0.4, -0.2) is 36.8 Å². The number of hydrogen-bond acceptors (Lipinski definition) is 5. The molecule has 0 saturated heterocycles. The van der Waals surface area contributed by atoms with Crippen molar-refractivity contribution in [3.05, 3.63) is 75.2 Å². The van der Waals surface area contributed by atoms with E-state index in [9.17, 15) is 9.59 Å². The zero-order chi connectivity index (χ0) is 26.8. The third-order valence-electron chi connectivity index (χ3n) is 7.73. The van der Waals surface area contributed by atoms with Crippen molar-refractivity contribution in [2.45, 2.75) is 53.5 Å². The SMILES string of the molecule is CCc1c(-c2cc(Nc3cc(C)[nH]n3)c(=O)n(C)c2)ccnc1N1CCn2c(cc3c2CC(C)(C)C3)C1=O. The molecular formula is C29H33N7O2. The number of H-pyrrole nitrogens is 1. The molecule has 0 unspecified atom stereocenters. The average Bonchev–Trinajstić information content (AvgIpc) is 3.53.